The van der Waals surface area contributed by atoms with Gasteiger partial charge in [-0.05, 0) is 11.6 Å². The van der Waals surface area contributed by atoms with E-state index in [4.69, 9.17) is 0 Å². The second kappa shape index (κ2) is 4.48. The van der Waals surface area contributed by atoms with Crippen molar-refractivity contribution in [1.82, 2.24) is 14.5 Å². The van der Waals surface area contributed by atoms with Crippen LogP contribution >= 0.6 is 0 Å². The fourth-order valence-electron chi connectivity index (χ4n) is 1.30. The molecule has 6 heteroatoms. The summed E-state index contributed by atoms with van der Waals surface area (Å²) >= 11 is 0. The average molecular weight is 231 g/mol. The smallest absolute Gasteiger partial charge is 0.259 e. The molecular formula is C11H9N3O3. The molecule has 0 saturated heterocycles. The molecule has 2 aromatic rings. The summed E-state index contributed by atoms with van der Waals surface area (Å²) in [4.78, 5) is 37.3. The predicted molar refractivity (Wildman–Crippen MR) is 63.6 cm³/mol. The van der Waals surface area contributed by atoms with E-state index in [2.05, 4.69) is 0 Å². The minimum atomic E-state index is -0.815. The van der Waals surface area contributed by atoms with Crippen molar-refractivity contribution in [2.75, 3.05) is 0 Å². The number of H-pyrrole nitrogens is 2. The monoisotopic (exact) mass is 231 g/mol. The molecule has 86 valence electrons. The fourth-order valence-corrected chi connectivity index (χ4v) is 1.30. The van der Waals surface area contributed by atoms with Gasteiger partial charge >= 0.3 is 17.1 Å². The maximum absolute atomic E-state index is 11.3. The van der Waals surface area contributed by atoms with Crippen molar-refractivity contribution in [2.45, 2.75) is 0 Å². The molecule has 0 atom stereocenters. The lowest BCUT2D eigenvalue weighted by molar-refractivity contribution is 0.814. The van der Waals surface area contributed by atoms with Crippen molar-refractivity contribution in [2.24, 2.45) is 0 Å². The Hall–Kier alpha value is -2.63. The number of aromatic nitrogens is 3. The minimum absolute atomic E-state index is 0.772. The lowest BCUT2D eigenvalue weighted by Crippen LogP contribution is -2.40. The molecule has 2 rings (SSSR count). The number of benzene rings is 1. The Morgan fingerprint density at radius 1 is 0.941 bits per heavy atom. The van der Waals surface area contributed by atoms with Crippen LogP contribution in [0.25, 0.3) is 12.3 Å². The molecule has 0 radical (unpaired) electrons. The highest BCUT2D eigenvalue weighted by atomic mass is 16.2. The minimum Gasteiger partial charge on any atom is -0.259 e. The highest BCUT2D eigenvalue weighted by molar-refractivity contribution is 5.59. The molecule has 0 amide bonds. The summed E-state index contributed by atoms with van der Waals surface area (Å²) in [5.41, 5.74) is -1.52. The van der Waals surface area contributed by atoms with Crippen LogP contribution < -0.4 is 17.1 Å². The first-order valence-corrected chi connectivity index (χ1v) is 4.85. The molecule has 0 fully saturated rings. The van der Waals surface area contributed by atoms with Gasteiger partial charge in [0.2, 0.25) is 0 Å². The molecule has 2 N–H and O–H groups in total. The highest BCUT2D eigenvalue weighted by Crippen LogP contribution is 2.00. The summed E-state index contributed by atoms with van der Waals surface area (Å²) < 4.78 is 0.786. The number of rotatable bonds is 2. The first kappa shape index (κ1) is 10.9. The third-order valence-corrected chi connectivity index (χ3v) is 2.09. The zero-order chi connectivity index (χ0) is 12.3. The largest absolute Gasteiger partial charge is 0.337 e. The maximum Gasteiger partial charge on any atom is 0.337 e. The van der Waals surface area contributed by atoms with Crippen molar-refractivity contribution in [3.05, 3.63) is 67.3 Å². The number of hydrogen-bond donors (Lipinski definition) is 2. The summed E-state index contributed by atoms with van der Waals surface area (Å²) in [6.07, 6.45) is 2.89. The van der Waals surface area contributed by atoms with Gasteiger partial charge in [0, 0.05) is 6.20 Å². The summed E-state index contributed by atoms with van der Waals surface area (Å²) in [5.74, 6) is 0. The van der Waals surface area contributed by atoms with E-state index in [0.29, 0.717) is 0 Å². The van der Waals surface area contributed by atoms with Crippen LogP contribution in [0.1, 0.15) is 5.56 Å². The van der Waals surface area contributed by atoms with E-state index in [1.165, 1.54) is 6.20 Å². The van der Waals surface area contributed by atoms with Crippen LogP contribution in [0, 0.1) is 0 Å². The van der Waals surface area contributed by atoms with Crippen molar-refractivity contribution in [1.29, 1.82) is 0 Å². The zero-order valence-electron chi connectivity index (χ0n) is 8.71. The molecule has 0 aliphatic carbocycles. The van der Waals surface area contributed by atoms with Crippen molar-refractivity contribution in [3.8, 4) is 0 Å². The molecule has 17 heavy (non-hydrogen) atoms. The third-order valence-electron chi connectivity index (χ3n) is 2.09. The van der Waals surface area contributed by atoms with Gasteiger partial charge in [0.25, 0.3) is 0 Å². The maximum atomic E-state index is 11.3. The molecule has 0 aliphatic rings. The van der Waals surface area contributed by atoms with E-state index in [1.54, 1.807) is 6.08 Å². The number of hydrogen-bond acceptors (Lipinski definition) is 3. The van der Waals surface area contributed by atoms with Crippen LogP contribution in [0.4, 0.5) is 0 Å². The van der Waals surface area contributed by atoms with Gasteiger partial charge in [0.05, 0.1) is 0 Å². The first-order chi connectivity index (χ1) is 8.16. The lowest BCUT2D eigenvalue weighted by atomic mass is 10.2. The Balaban J connectivity index is 2.45. The van der Waals surface area contributed by atoms with Gasteiger partial charge in [-0.3, -0.25) is 9.97 Å². The molecule has 0 saturated carbocycles. The Morgan fingerprint density at radius 2 is 1.53 bits per heavy atom. The van der Waals surface area contributed by atoms with E-state index in [1.807, 2.05) is 40.3 Å². The van der Waals surface area contributed by atoms with Gasteiger partial charge in [0.15, 0.2) is 0 Å². The van der Waals surface area contributed by atoms with Crippen LogP contribution in [0.5, 0.6) is 0 Å². The molecule has 0 unspecified atom stereocenters. The summed E-state index contributed by atoms with van der Waals surface area (Å²) in [7, 11) is 0. The lowest BCUT2D eigenvalue weighted by Gasteiger charge is -1.95. The van der Waals surface area contributed by atoms with Crippen LogP contribution in [-0.2, 0) is 0 Å². The van der Waals surface area contributed by atoms with Crippen LogP contribution in [0.15, 0.2) is 44.7 Å². The number of nitrogens with one attached hydrogen (secondary N) is 2. The molecule has 1 aromatic carbocycles. The van der Waals surface area contributed by atoms with Gasteiger partial charge < -0.3 is 0 Å². The Morgan fingerprint density at radius 3 is 2.12 bits per heavy atom. The number of nitrogens with zero attached hydrogens (tertiary/aromatic N) is 1. The number of aromatic amines is 2. The molecule has 1 heterocycles. The second-order valence-electron chi connectivity index (χ2n) is 3.29. The Kier molecular flexibility index (Phi) is 2.87. The molecular weight excluding hydrogens is 222 g/mol. The van der Waals surface area contributed by atoms with Crippen molar-refractivity contribution in [3.63, 3.8) is 0 Å². The standard InChI is InChI=1S/C11H9N3O3/c15-9-12-10(16)14(11(17)13-9)7-6-8-4-2-1-3-5-8/h1-7H,(H2,12,13,15,16,17). The van der Waals surface area contributed by atoms with Gasteiger partial charge in [-0.25, -0.2) is 19.0 Å². The van der Waals surface area contributed by atoms with E-state index in [-0.39, 0.29) is 0 Å². The van der Waals surface area contributed by atoms with Crippen LogP contribution in [0.3, 0.4) is 0 Å². The molecule has 1 aromatic heterocycles. The van der Waals surface area contributed by atoms with Gasteiger partial charge in [0.1, 0.15) is 0 Å². The first-order valence-electron chi connectivity index (χ1n) is 4.85. The second-order valence-corrected chi connectivity index (χ2v) is 3.29. The van der Waals surface area contributed by atoms with E-state index < -0.39 is 17.1 Å². The molecule has 6 nitrogen and oxygen atoms in total. The predicted octanol–water partition coefficient (Wildman–Crippen LogP) is -0.147. The third kappa shape index (κ3) is 2.49. The van der Waals surface area contributed by atoms with Gasteiger partial charge in [-0.1, -0.05) is 30.3 Å². The molecule has 0 aliphatic heterocycles. The Labute approximate surface area is 94.9 Å². The summed E-state index contributed by atoms with van der Waals surface area (Å²) in [6, 6.07) is 9.16. The van der Waals surface area contributed by atoms with E-state index in [0.717, 1.165) is 10.1 Å². The van der Waals surface area contributed by atoms with Gasteiger partial charge in [-0.2, -0.15) is 0 Å². The highest BCUT2D eigenvalue weighted by Gasteiger charge is 1.97. The Bertz CT molecular complexity index is 673. The quantitative estimate of drug-likeness (QED) is 0.753. The topological polar surface area (TPSA) is 87.7 Å². The van der Waals surface area contributed by atoms with E-state index >= 15 is 0 Å². The fraction of sp³-hybridized carbons (Fsp3) is 0. The SMILES string of the molecule is O=c1[nH]c(=O)n(C=Cc2ccccc2)c(=O)[nH]1. The van der Waals surface area contributed by atoms with Gasteiger partial charge in [-0.15, -0.1) is 0 Å². The van der Waals surface area contributed by atoms with Crippen LogP contribution in [-0.4, -0.2) is 14.5 Å². The average Bonchev–Trinajstić information content (AvgIpc) is 2.29. The normalized spacial score (nSPS) is 10.8. The van der Waals surface area contributed by atoms with Crippen molar-refractivity contribution < 1.29 is 0 Å². The van der Waals surface area contributed by atoms with Crippen LogP contribution in [0.2, 0.25) is 0 Å². The summed E-state index contributed by atoms with van der Waals surface area (Å²) in [5, 5.41) is 0. The zero-order valence-corrected chi connectivity index (χ0v) is 8.71. The molecule has 0 bridgehead atoms. The van der Waals surface area contributed by atoms with E-state index in [9.17, 15) is 14.4 Å². The molecule has 0 spiro atoms. The van der Waals surface area contributed by atoms with Crippen molar-refractivity contribution >= 4 is 12.3 Å². The summed E-state index contributed by atoms with van der Waals surface area (Å²) in [6.45, 7) is 0.